The molecule has 2 aromatic carbocycles. The van der Waals surface area contributed by atoms with Crippen LogP contribution in [-0.4, -0.2) is 33.5 Å². The molecule has 3 aromatic rings. The van der Waals surface area contributed by atoms with E-state index in [-0.39, 0.29) is 34.6 Å². The van der Waals surface area contributed by atoms with Gasteiger partial charge in [-0.2, -0.15) is 15.2 Å². The number of aromatic hydroxyl groups is 1. The molecular formula is C25H22N4O5. The standard InChI is InChI=1S/C25H22N4O5/c1-13-10-18(20-8-9-21(34-20)25(32)33)23(30)19(11-13)26-27-22-14(2)28-29(24(22)31)17-7-6-15-4-3-5-16(15)12-17/h6-12,26,30H,3-5H2,1-2H3,(H,32,33)/b27-22-. The van der Waals surface area contributed by atoms with E-state index in [4.69, 9.17) is 9.52 Å². The summed E-state index contributed by atoms with van der Waals surface area (Å²) >= 11 is 0. The number of aromatic carboxylic acids is 1. The molecule has 0 fully saturated rings. The number of fused-ring (bicyclic) bond motifs is 1. The van der Waals surface area contributed by atoms with E-state index in [0.29, 0.717) is 17.0 Å². The van der Waals surface area contributed by atoms with Crippen molar-refractivity contribution in [3.8, 4) is 17.1 Å². The van der Waals surface area contributed by atoms with E-state index in [1.54, 1.807) is 19.1 Å². The van der Waals surface area contributed by atoms with Crippen LogP contribution in [0.5, 0.6) is 5.75 Å². The predicted molar refractivity (Wildman–Crippen MR) is 128 cm³/mol. The first-order valence-corrected chi connectivity index (χ1v) is 10.8. The van der Waals surface area contributed by atoms with Gasteiger partial charge < -0.3 is 14.6 Å². The number of aryl methyl sites for hydroxylation is 3. The third-order valence-electron chi connectivity index (χ3n) is 5.94. The van der Waals surface area contributed by atoms with Crippen LogP contribution in [0.2, 0.25) is 0 Å². The predicted octanol–water partition coefficient (Wildman–Crippen LogP) is 4.34. The number of nitrogens with one attached hydrogen (secondary N) is 1. The summed E-state index contributed by atoms with van der Waals surface area (Å²) in [4.78, 5) is 24.2. The van der Waals surface area contributed by atoms with Crippen molar-refractivity contribution in [1.29, 1.82) is 0 Å². The zero-order chi connectivity index (χ0) is 24.0. The molecule has 2 heterocycles. The van der Waals surface area contributed by atoms with Gasteiger partial charge in [0.2, 0.25) is 5.76 Å². The number of carbonyl (C=O) groups is 2. The highest BCUT2D eigenvalue weighted by Gasteiger charge is 2.31. The number of carbonyl (C=O) groups excluding carboxylic acids is 1. The molecule has 3 N–H and O–H groups in total. The second-order valence-corrected chi connectivity index (χ2v) is 8.36. The number of carboxylic acids is 1. The molecule has 9 nitrogen and oxygen atoms in total. The zero-order valence-electron chi connectivity index (χ0n) is 18.6. The Morgan fingerprint density at radius 1 is 1.12 bits per heavy atom. The second kappa shape index (κ2) is 8.18. The maximum absolute atomic E-state index is 13.1. The number of amides is 1. The smallest absolute Gasteiger partial charge is 0.371 e. The third kappa shape index (κ3) is 3.71. The average molecular weight is 458 g/mol. The van der Waals surface area contributed by atoms with Gasteiger partial charge in [-0.3, -0.25) is 10.2 Å². The average Bonchev–Trinajstić information content (AvgIpc) is 3.53. The van der Waals surface area contributed by atoms with E-state index in [1.807, 2.05) is 25.1 Å². The lowest BCUT2D eigenvalue weighted by atomic mass is 10.1. The van der Waals surface area contributed by atoms with Gasteiger partial charge in [0.25, 0.3) is 0 Å². The molecule has 1 aliphatic heterocycles. The van der Waals surface area contributed by atoms with E-state index in [0.717, 1.165) is 24.8 Å². The SMILES string of the molecule is CC1=NN(c2ccc3c(c2)CCC3)C(=O)/C1=N\Nc1cc(C)cc(-c2ccc(C(=O)O)o2)c1O. The van der Waals surface area contributed by atoms with Crippen molar-refractivity contribution >= 4 is 34.7 Å². The first-order valence-electron chi connectivity index (χ1n) is 10.8. The number of hydrazone groups is 2. The van der Waals surface area contributed by atoms with Crippen molar-refractivity contribution in [3.63, 3.8) is 0 Å². The summed E-state index contributed by atoms with van der Waals surface area (Å²) in [6.45, 7) is 3.51. The van der Waals surface area contributed by atoms with Crippen LogP contribution in [-0.2, 0) is 17.6 Å². The Bertz CT molecular complexity index is 1400. The van der Waals surface area contributed by atoms with Gasteiger partial charge in [0.15, 0.2) is 11.5 Å². The van der Waals surface area contributed by atoms with Gasteiger partial charge >= 0.3 is 11.9 Å². The number of phenols is 1. The summed E-state index contributed by atoms with van der Waals surface area (Å²) in [5, 5.41) is 29.8. The molecule has 0 spiro atoms. The second-order valence-electron chi connectivity index (χ2n) is 8.36. The van der Waals surface area contributed by atoms with Crippen LogP contribution in [0.4, 0.5) is 11.4 Å². The fourth-order valence-electron chi connectivity index (χ4n) is 4.26. The highest BCUT2D eigenvalue weighted by molar-refractivity contribution is 6.71. The molecule has 0 radical (unpaired) electrons. The summed E-state index contributed by atoms with van der Waals surface area (Å²) in [5.41, 5.74) is 7.90. The van der Waals surface area contributed by atoms with Crippen molar-refractivity contribution in [2.45, 2.75) is 33.1 Å². The summed E-state index contributed by atoms with van der Waals surface area (Å²) in [7, 11) is 0. The summed E-state index contributed by atoms with van der Waals surface area (Å²) in [5.74, 6) is -1.79. The van der Waals surface area contributed by atoms with Gasteiger partial charge in [0.05, 0.1) is 22.6 Å². The molecule has 1 amide bonds. The lowest BCUT2D eigenvalue weighted by Crippen LogP contribution is -2.28. The molecule has 0 saturated heterocycles. The molecule has 1 aromatic heterocycles. The number of benzene rings is 2. The number of nitrogens with zero attached hydrogens (tertiary/aromatic N) is 3. The van der Waals surface area contributed by atoms with Crippen molar-refractivity contribution in [2.24, 2.45) is 10.2 Å². The summed E-state index contributed by atoms with van der Waals surface area (Å²) in [6.07, 6.45) is 3.17. The van der Waals surface area contributed by atoms with Gasteiger partial charge in [-0.25, -0.2) is 4.79 Å². The topological polar surface area (TPSA) is 128 Å². The molecule has 5 rings (SSSR count). The van der Waals surface area contributed by atoms with Crippen LogP contribution in [0.3, 0.4) is 0 Å². The molecule has 0 unspecified atom stereocenters. The van der Waals surface area contributed by atoms with Crippen molar-refractivity contribution in [3.05, 3.63) is 64.9 Å². The number of furan rings is 1. The molecule has 34 heavy (non-hydrogen) atoms. The molecule has 0 bridgehead atoms. The fourth-order valence-corrected chi connectivity index (χ4v) is 4.26. The minimum Gasteiger partial charge on any atom is -0.505 e. The van der Waals surface area contributed by atoms with Crippen LogP contribution in [0.1, 0.15) is 40.6 Å². The van der Waals surface area contributed by atoms with Crippen molar-refractivity contribution in [2.75, 3.05) is 10.4 Å². The first kappa shape index (κ1) is 21.4. The van der Waals surface area contributed by atoms with Crippen LogP contribution < -0.4 is 10.4 Å². The van der Waals surface area contributed by atoms with E-state index in [9.17, 15) is 14.7 Å². The van der Waals surface area contributed by atoms with E-state index in [2.05, 4.69) is 15.6 Å². The third-order valence-corrected chi connectivity index (χ3v) is 5.94. The Morgan fingerprint density at radius 3 is 2.68 bits per heavy atom. The van der Waals surface area contributed by atoms with Gasteiger partial charge in [0.1, 0.15) is 5.76 Å². The van der Waals surface area contributed by atoms with E-state index in [1.165, 1.54) is 28.3 Å². The Kier molecular flexibility index (Phi) is 5.16. The maximum atomic E-state index is 13.1. The van der Waals surface area contributed by atoms with E-state index >= 15 is 0 Å². The highest BCUT2D eigenvalue weighted by Crippen LogP contribution is 2.38. The highest BCUT2D eigenvalue weighted by atomic mass is 16.4. The number of rotatable bonds is 5. The number of hydrogen-bond acceptors (Lipinski definition) is 7. The number of carboxylic acid groups (broad SMARTS) is 1. The Morgan fingerprint density at radius 2 is 1.91 bits per heavy atom. The van der Waals surface area contributed by atoms with Gasteiger partial charge in [-0.1, -0.05) is 6.07 Å². The van der Waals surface area contributed by atoms with Gasteiger partial charge in [-0.15, -0.1) is 0 Å². The Balaban J connectivity index is 1.42. The van der Waals surface area contributed by atoms with E-state index < -0.39 is 5.97 Å². The van der Waals surface area contributed by atoms with Crippen LogP contribution in [0.25, 0.3) is 11.3 Å². The monoisotopic (exact) mass is 458 g/mol. The quantitative estimate of drug-likeness (QED) is 0.386. The van der Waals surface area contributed by atoms with Gasteiger partial charge in [0, 0.05) is 0 Å². The minimum absolute atomic E-state index is 0.133. The van der Waals surface area contributed by atoms with Crippen molar-refractivity contribution < 1.29 is 24.2 Å². The fraction of sp³-hybridized carbons (Fsp3) is 0.200. The maximum Gasteiger partial charge on any atom is 0.371 e. The number of hydrogen-bond donors (Lipinski definition) is 3. The molecule has 9 heteroatoms. The summed E-state index contributed by atoms with van der Waals surface area (Å²) < 4.78 is 5.33. The van der Waals surface area contributed by atoms with Gasteiger partial charge in [-0.05, 0) is 86.2 Å². The molecule has 0 saturated carbocycles. The number of anilines is 2. The largest absolute Gasteiger partial charge is 0.505 e. The van der Waals surface area contributed by atoms with Crippen molar-refractivity contribution in [1.82, 2.24) is 0 Å². The van der Waals surface area contributed by atoms with Crippen LogP contribution >= 0.6 is 0 Å². The zero-order valence-corrected chi connectivity index (χ0v) is 18.6. The number of phenolic OH excluding ortho intramolecular Hbond substituents is 1. The molecule has 0 atom stereocenters. The lowest BCUT2D eigenvalue weighted by Gasteiger charge is -2.13. The lowest BCUT2D eigenvalue weighted by molar-refractivity contribution is -0.112. The molecule has 172 valence electrons. The first-order chi connectivity index (χ1) is 16.3. The molecule has 1 aliphatic carbocycles. The Hall–Kier alpha value is -4.40. The molecule has 2 aliphatic rings. The summed E-state index contributed by atoms with van der Waals surface area (Å²) in [6, 6.07) is 12.1. The normalized spacial score (nSPS) is 16.2. The minimum atomic E-state index is -1.20. The van der Waals surface area contributed by atoms with Crippen LogP contribution in [0, 0.1) is 6.92 Å². The molecular weight excluding hydrogens is 436 g/mol. The van der Waals surface area contributed by atoms with Crippen LogP contribution in [0.15, 0.2) is 57.1 Å². The Labute approximate surface area is 195 Å².